The number of fused-ring (bicyclic) bond motifs is 8. The van der Waals surface area contributed by atoms with E-state index in [9.17, 15) is 5.11 Å². The van der Waals surface area contributed by atoms with Gasteiger partial charge in [0.2, 0.25) is 0 Å². The molecule has 240 valence electrons. The van der Waals surface area contributed by atoms with Gasteiger partial charge in [-0.15, -0.1) is 0 Å². The Kier molecular flexibility index (Phi) is 7.38. The molecule has 4 aromatic heterocycles. The van der Waals surface area contributed by atoms with Gasteiger partial charge in [0.15, 0.2) is 0 Å². The topological polar surface area (TPSA) is 83.4 Å². The highest BCUT2D eigenvalue weighted by molar-refractivity contribution is 5.84. The van der Waals surface area contributed by atoms with E-state index in [1.165, 1.54) is 0 Å². The van der Waals surface area contributed by atoms with Crippen molar-refractivity contribution in [3.05, 3.63) is 236 Å². The lowest BCUT2D eigenvalue weighted by Crippen LogP contribution is -2.19. The number of hydrogen-bond donors (Lipinski definition) is 5. The van der Waals surface area contributed by atoms with E-state index in [1.807, 2.05) is 24.3 Å². The molecule has 1 aliphatic heterocycles. The van der Waals surface area contributed by atoms with Gasteiger partial charge in [0.1, 0.15) is 0 Å². The molecule has 0 atom stereocenters. The number of benzene rings is 4. The first-order valence-corrected chi connectivity index (χ1v) is 16.9. The van der Waals surface area contributed by atoms with E-state index in [0.29, 0.717) is 0 Å². The minimum atomic E-state index is -0.0305. The van der Waals surface area contributed by atoms with E-state index in [1.54, 1.807) is 0 Å². The monoisotopic (exact) mass is 646 g/mol. The third kappa shape index (κ3) is 5.27. The molecular weight excluding hydrogens is 613 g/mol. The summed E-state index contributed by atoms with van der Waals surface area (Å²) in [6, 6.07) is 57.1. The van der Waals surface area contributed by atoms with E-state index < -0.39 is 0 Å². The SMILES string of the molecule is OCc1cccc(C2=c3ccc([nH]3)=C(c3ccccc3)c3ccc([nH]3)C(c3ccccc3)=c3ccc([nH]3)=C(c3ccccc3)c3ccc2[nH]3)c1. The van der Waals surface area contributed by atoms with Crippen molar-refractivity contribution in [1.29, 1.82) is 0 Å². The summed E-state index contributed by atoms with van der Waals surface area (Å²) in [5, 5.41) is 14.1. The molecule has 9 rings (SSSR count). The Morgan fingerprint density at radius 1 is 0.320 bits per heavy atom. The molecule has 0 radical (unpaired) electrons. The summed E-state index contributed by atoms with van der Waals surface area (Å²) in [6.45, 7) is -0.0305. The molecule has 8 aromatic rings. The third-order valence-electron chi connectivity index (χ3n) is 9.48. The van der Waals surface area contributed by atoms with Crippen LogP contribution in [0.4, 0.5) is 0 Å². The van der Waals surface area contributed by atoms with E-state index >= 15 is 0 Å². The Morgan fingerprint density at radius 2 is 0.660 bits per heavy atom. The van der Waals surface area contributed by atoms with Crippen molar-refractivity contribution in [3.8, 4) is 0 Å². The summed E-state index contributed by atoms with van der Waals surface area (Å²) in [5.74, 6) is 0. The molecule has 0 unspecified atom stereocenters. The van der Waals surface area contributed by atoms with Crippen molar-refractivity contribution in [3.63, 3.8) is 0 Å². The lowest BCUT2D eigenvalue weighted by atomic mass is 10.0. The van der Waals surface area contributed by atoms with E-state index in [0.717, 1.165) is 94.3 Å². The van der Waals surface area contributed by atoms with Crippen LogP contribution in [0.2, 0.25) is 0 Å². The number of H-pyrrole nitrogens is 4. The molecule has 0 saturated heterocycles. The number of aliphatic hydroxyl groups excluding tert-OH is 1. The average molecular weight is 647 g/mol. The zero-order chi connectivity index (χ0) is 33.4. The second-order valence-corrected chi connectivity index (χ2v) is 12.6. The van der Waals surface area contributed by atoms with Gasteiger partial charge in [0.05, 0.1) is 6.61 Å². The number of hydrogen-bond acceptors (Lipinski definition) is 1. The maximum Gasteiger partial charge on any atom is 0.0682 e. The Labute approximate surface area is 289 Å². The fourth-order valence-electron chi connectivity index (χ4n) is 7.21. The normalized spacial score (nSPS) is 12.8. The predicted octanol–water partition coefficient (Wildman–Crippen LogP) is 5.79. The van der Waals surface area contributed by atoms with Crippen LogP contribution in [0.15, 0.2) is 164 Å². The van der Waals surface area contributed by atoms with Crippen molar-refractivity contribution in [2.24, 2.45) is 0 Å². The van der Waals surface area contributed by atoms with Crippen LogP contribution in [-0.4, -0.2) is 25.0 Å². The van der Waals surface area contributed by atoms with Crippen LogP contribution in [0.3, 0.4) is 0 Å². The number of aromatic nitrogens is 4. The van der Waals surface area contributed by atoms with Crippen LogP contribution in [0.5, 0.6) is 0 Å². The largest absolute Gasteiger partial charge is 0.392 e. The van der Waals surface area contributed by atoms with Gasteiger partial charge in [-0.05, 0) is 82.4 Å². The van der Waals surface area contributed by atoms with Gasteiger partial charge >= 0.3 is 0 Å². The molecule has 0 aliphatic carbocycles. The summed E-state index contributed by atoms with van der Waals surface area (Å²) < 4.78 is 0. The molecular formula is C45H34N4O. The lowest BCUT2D eigenvalue weighted by Gasteiger charge is -2.10. The summed E-state index contributed by atoms with van der Waals surface area (Å²) in [6.07, 6.45) is 0. The zero-order valence-corrected chi connectivity index (χ0v) is 27.2. The van der Waals surface area contributed by atoms with Crippen molar-refractivity contribution in [2.45, 2.75) is 6.61 Å². The quantitative estimate of drug-likeness (QED) is 0.161. The van der Waals surface area contributed by atoms with E-state index in [2.05, 4.69) is 159 Å². The molecule has 5 heteroatoms. The average Bonchev–Trinajstić information content (AvgIpc) is 4.01. The fraction of sp³-hybridized carbons (Fsp3) is 0.0222. The van der Waals surface area contributed by atoms with Crippen molar-refractivity contribution >= 4 is 22.3 Å². The van der Waals surface area contributed by atoms with Gasteiger partial charge in [-0.3, -0.25) is 0 Å². The smallest absolute Gasteiger partial charge is 0.0682 e. The zero-order valence-electron chi connectivity index (χ0n) is 27.2. The summed E-state index contributed by atoms with van der Waals surface area (Å²) in [5.41, 5.74) is 13.4. The number of nitrogens with one attached hydrogen (secondary N) is 4. The van der Waals surface area contributed by atoms with Crippen LogP contribution in [-0.2, 0) is 6.61 Å². The van der Waals surface area contributed by atoms with Crippen LogP contribution >= 0.6 is 0 Å². The molecule has 0 saturated carbocycles. The molecule has 0 spiro atoms. The van der Waals surface area contributed by atoms with E-state index in [-0.39, 0.29) is 6.61 Å². The first kappa shape index (κ1) is 29.6. The molecule has 5 heterocycles. The summed E-state index contributed by atoms with van der Waals surface area (Å²) in [7, 11) is 0. The number of aromatic amines is 4. The van der Waals surface area contributed by atoms with Gasteiger partial charge in [0, 0.05) is 66.5 Å². The molecule has 5 nitrogen and oxygen atoms in total. The molecule has 50 heavy (non-hydrogen) atoms. The van der Waals surface area contributed by atoms with Crippen LogP contribution < -0.4 is 21.4 Å². The van der Waals surface area contributed by atoms with Gasteiger partial charge in [0.25, 0.3) is 0 Å². The maximum absolute atomic E-state index is 10.1. The molecule has 0 amide bonds. The molecule has 0 fully saturated rings. The molecule has 1 aliphatic rings. The second kappa shape index (κ2) is 12.5. The molecule has 5 N–H and O–H groups in total. The van der Waals surface area contributed by atoms with Crippen LogP contribution in [0.1, 0.15) is 50.6 Å². The maximum atomic E-state index is 10.1. The second-order valence-electron chi connectivity index (χ2n) is 12.6. The highest BCUT2D eigenvalue weighted by Gasteiger charge is 2.18. The molecule has 8 bridgehead atoms. The van der Waals surface area contributed by atoms with Crippen molar-refractivity contribution < 1.29 is 5.11 Å². The molecule has 4 aromatic carbocycles. The van der Waals surface area contributed by atoms with Crippen molar-refractivity contribution in [1.82, 2.24) is 19.9 Å². The summed E-state index contributed by atoms with van der Waals surface area (Å²) >= 11 is 0. The van der Waals surface area contributed by atoms with Crippen molar-refractivity contribution in [2.75, 3.05) is 0 Å². The van der Waals surface area contributed by atoms with Gasteiger partial charge in [-0.1, -0.05) is 109 Å². The Balaban J connectivity index is 1.44. The van der Waals surface area contributed by atoms with Crippen LogP contribution in [0.25, 0.3) is 22.3 Å². The highest BCUT2D eigenvalue weighted by Crippen LogP contribution is 2.28. The summed E-state index contributed by atoms with van der Waals surface area (Å²) in [4.78, 5) is 15.3. The predicted molar refractivity (Wildman–Crippen MR) is 200 cm³/mol. The van der Waals surface area contributed by atoms with Crippen LogP contribution in [0, 0.1) is 0 Å². The minimum absolute atomic E-state index is 0.0305. The fourth-order valence-corrected chi connectivity index (χ4v) is 7.21. The highest BCUT2D eigenvalue weighted by atomic mass is 16.3. The Hall–Kier alpha value is -6.56. The minimum Gasteiger partial charge on any atom is -0.392 e. The number of aliphatic hydroxyl groups is 1. The lowest BCUT2D eigenvalue weighted by molar-refractivity contribution is 0.282. The Morgan fingerprint density at radius 3 is 1.02 bits per heavy atom. The third-order valence-corrected chi connectivity index (χ3v) is 9.48. The van der Waals surface area contributed by atoms with E-state index in [4.69, 9.17) is 0 Å². The standard InChI is InChI=1S/C45H34N4O/c50-28-29-11-10-18-33(27-29)45-40-25-23-38(48-40)43(31-14-6-2-7-15-31)36-21-19-34(46-36)42(30-12-4-1-5-13-30)35-20-22-37(47-35)44(32-16-8-3-9-17-32)39-24-26-41(45)49-39/h1-27,46-50H,28H2. The van der Waals surface area contributed by atoms with Gasteiger partial charge in [-0.25, -0.2) is 0 Å². The number of rotatable bonds is 5. The first-order chi connectivity index (χ1) is 24.7. The first-order valence-electron chi connectivity index (χ1n) is 16.9. The van der Waals surface area contributed by atoms with Gasteiger partial charge < -0.3 is 25.0 Å². The van der Waals surface area contributed by atoms with Gasteiger partial charge in [-0.2, -0.15) is 0 Å². The Bertz CT molecular complexity index is 2730.